The fraction of sp³-hybridized carbons (Fsp3) is 0.643. The largest absolute Gasteiger partial charge is 0.373 e. The van der Waals surface area contributed by atoms with E-state index < -0.39 is 0 Å². The number of nitrogens with one attached hydrogen (secondary N) is 2. The van der Waals surface area contributed by atoms with E-state index in [2.05, 4.69) is 41.4 Å². The number of carbonyl (C=O) groups is 1. The Kier molecular flexibility index (Phi) is 4.92. The van der Waals surface area contributed by atoms with Gasteiger partial charge in [0.15, 0.2) is 0 Å². The van der Waals surface area contributed by atoms with E-state index >= 15 is 0 Å². The second kappa shape index (κ2) is 6.07. The molecule has 1 aromatic rings. The topological polar surface area (TPSA) is 70.2 Å². The van der Waals surface area contributed by atoms with Crippen LogP contribution in [0.3, 0.4) is 0 Å². The zero-order valence-corrected chi connectivity index (χ0v) is 13.4. The van der Waals surface area contributed by atoms with E-state index in [0.29, 0.717) is 5.82 Å². The Morgan fingerprint density at radius 1 is 1.25 bits per heavy atom. The number of hydrogen-bond donors (Lipinski definition) is 2. The Balaban J connectivity index is 3.03. The number of nitrogens with zero attached hydrogens (tertiary/aromatic N) is 3. The summed E-state index contributed by atoms with van der Waals surface area (Å²) >= 11 is 0. The first-order valence-electron chi connectivity index (χ1n) is 6.70. The molecule has 1 atom stereocenters. The molecule has 0 bridgehead atoms. The van der Waals surface area contributed by atoms with Crippen LogP contribution in [-0.4, -0.2) is 48.0 Å². The zero-order valence-electron chi connectivity index (χ0n) is 13.4. The molecule has 1 rings (SSSR count). The van der Waals surface area contributed by atoms with Crippen LogP contribution in [0.1, 0.15) is 33.5 Å². The molecule has 0 aliphatic carbocycles. The summed E-state index contributed by atoms with van der Waals surface area (Å²) in [7, 11) is 5.28. The highest BCUT2D eigenvalue weighted by Crippen LogP contribution is 2.22. The number of carbonyl (C=O) groups excluding carboxylic acids is 1. The van der Waals surface area contributed by atoms with Crippen LogP contribution in [0.4, 0.5) is 11.6 Å². The van der Waals surface area contributed by atoms with Crippen molar-refractivity contribution in [1.82, 2.24) is 14.9 Å². The van der Waals surface area contributed by atoms with E-state index in [1.165, 1.54) is 0 Å². The lowest BCUT2D eigenvalue weighted by Gasteiger charge is -2.21. The van der Waals surface area contributed by atoms with Crippen LogP contribution in [0, 0.1) is 0 Å². The minimum absolute atomic E-state index is 0.00642. The highest BCUT2D eigenvalue weighted by Gasteiger charge is 2.21. The van der Waals surface area contributed by atoms with Gasteiger partial charge in [-0.3, -0.25) is 4.79 Å². The van der Waals surface area contributed by atoms with Gasteiger partial charge in [0.05, 0.1) is 0 Å². The second-order valence-electron chi connectivity index (χ2n) is 6.06. The van der Waals surface area contributed by atoms with E-state index in [9.17, 15) is 4.79 Å². The normalized spacial score (nSPS) is 12.8. The maximum absolute atomic E-state index is 11.9. The van der Waals surface area contributed by atoms with Crippen molar-refractivity contribution in [3.63, 3.8) is 0 Å². The van der Waals surface area contributed by atoms with Crippen LogP contribution in [-0.2, 0) is 10.2 Å². The van der Waals surface area contributed by atoms with Gasteiger partial charge in [0.2, 0.25) is 5.91 Å². The molecular formula is C14H25N5O. The smallest absolute Gasteiger partial charge is 0.244 e. The molecule has 112 valence electrons. The third kappa shape index (κ3) is 4.08. The van der Waals surface area contributed by atoms with Gasteiger partial charge in [-0.05, 0) is 6.92 Å². The molecule has 0 aromatic carbocycles. The van der Waals surface area contributed by atoms with Gasteiger partial charge in [-0.15, -0.1) is 0 Å². The van der Waals surface area contributed by atoms with Crippen molar-refractivity contribution >= 4 is 17.5 Å². The molecule has 0 spiro atoms. The SMILES string of the molecule is CNc1cc(NC(C)C(=O)N(C)C)nc(C(C)(C)C)n1. The predicted molar refractivity (Wildman–Crippen MR) is 82.1 cm³/mol. The van der Waals surface area contributed by atoms with Crippen LogP contribution in [0.15, 0.2) is 6.07 Å². The minimum Gasteiger partial charge on any atom is -0.373 e. The number of amides is 1. The minimum atomic E-state index is -0.336. The summed E-state index contributed by atoms with van der Waals surface area (Å²) in [6.07, 6.45) is 0. The van der Waals surface area contributed by atoms with Gasteiger partial charge in [0.25, 0.3) is 0 Å². The molecule has 1 unspecified atom stereocenters. The van der Waals surface area contributed by atoms with Crippen molar-refractivity contribution in [1.29, 1.82) is 0 Å². The van der Waals surface area contributed by atoms with Crippen LogP contribution >= 0.6 is 0 Å². The molecular weight excluding hydrogens is 254 g/mol. The fourth-order valence-corrected chi connectivity index (χ4v) is 1.66. The van der Waals surface area contributed by atoms with Crippen LogP contribution < -0.4 is 10.6 Å². The summed E-state index contributed by atoms with van der Waals surface area (Å²) in [5, 5.41) is 6.15. The fourth-order valence-electron chi connectivity index (χ4n) is 1.66. The maximum atomic E-state index is 11.9. The first-order valence-corrected chi connectivity index (χ1v) is 6.70. The van der Waals surface area contributed by atoms with Crippen molar-refractivity contribution in [2.75, 3.05) is 31.8 Å². The molecule has 6 nitrogen and oxygen atoms in total. The quantitative estimate of drug-likeness (QED) is 0.878. The summed E-state index contributed by atoms with van der Waals surface area (Å²) < 4.78 is 0. The van der Waals surface area contributed by atoms with Gasteiger partial charge in [-0.1, -0.05) is 20.8 Å². The molecule has 6 heteroatoms. The van der Waals surface area contributed by atoms with Crippen molar-refractivity contribution in [3.05, 3.63) is 11.9 Å². The van der Waals surface area contributed by atoms with Gasteiger partial charge in [-0.25, -0.2) is 9.97 Å². The van der Waals surface area contributed by atoms with Crippen molar-refractivity contribution in [2.45, 2.75) is 39.2 Å². The molecule has 0 radical (unpaired) electrons. The Hall–Kier alpha value is -1.85. The Labute approximate surface area is 121 Å². The lowest BCUT2D eigenvalue weighted by molar-refractivity contribution is -0.129. The molecule has 0 fully saturated rings. The van der Waals surface area contributed by atoms with Crippen LogP contribution in [0.2, 0.25) is 0 Å². The van der Waals surface area contributed by atoms with E-state index in [4.69, 9.17) is 0 Å². The van der Waals surface area contributed by atoms with Gasteiger partial charge < -0.3 is 15.5 Å². The predicted octanol–water partition coefficient (Wildman–Crippen LogP) is 1.70. The molecule has 0 saturated carbocycles. The molecule has 1 aromatic heterocycles. The summed E-state index contributed by atoms with van der Waals surface area (Å²) in [6, 6.07) is 1.46. The van der Waals surface area contributed by atoms with E-state index in [0.717, 1.165) is 11.6 Å². The Bertz CT molecular complexity index is 479. The van der Waals surface area contributed by atoms with Crippen LogP contribution in [0.5, 0.6) is 0 Å². The average Bonchev–Trinajstić information content (AvgIpc) is 2.36. The van der Waals surface area contributed by atoms with Gasteiger partial charge in [-0.2, -0.15) is 0 Å². The van der Waals surface area contributed by atoms with Crippen molar-refractivity contribution in [2.24, 2.45) is 0 Å². The lowest BCUT2D eigenvalue weighted by atomic mass is 9.96. The van der Waals surface area contributed by atoms with E-state index in [1.807, 2.05) is 14.0 Å². The van der Waals surface area contributed by atoms with Crippen LogP contribution in [0.25, 0.3) is 0 Å². The summed E-state index contributed by atoms with van der Waals surface area (Å²) in [5.41, 5.74) is -0.155. The van der Waals surface area contributed by atoms with Crippen molar-refractivity contribution in [3.8, 4) is 0 Å². The first kappa shape index (κ1) is 16.2. The first-order chi connectivity index (χ1) is 9.15. The monoisotopic (exact) mass is 279 g/mol. The molecule has 20 heavy (non-hydrogen) atoms. The highest BCUT2D eigenvalue weighted by molar-refractivity contribution is 5.83. The van der Waals surface area contributed by atoms with Crippen molar-refractivity contribution < 1.29 is 4.79 Å². The summed E-state index contributed by atoms with van der Waals surface area (Å²) in [5.74, 6) is 2.12. The standard InChI is InChI=1S/C14H25N5O/c1-9(12(20)19(6)7)16-11-8-10(15-5)17-13(18-11)14(2,3)4/h8-9H,1-7H3,(H2,15,16,17,18). The zero-order chi connectivity index (χ0) is 15.5. The number of anilines is 2. The van der Waals surface area contributed by atoms with Gasteiger partial charge in [0.1, 0.15) is 23.5 Å². The molecule has 1 amide bonds. The van der Waals surface area contributed by atoms with Gasteiger partial charge in [0, 0.05) is 32.6 Å². The third-order valence-electron chi connectivity index (χ3n) is 2.83. The molecule has 2 N–H and O–H groups in total. The highest BCUT2D eigenvalue weighted by atomic mass is 16.2. The number of rotatable bonds is 4. The second-order valence-corrected chi connectivity index (χ2v) is 6.06. The average molecular weight is 279 g/mol. The maximum Gasteiger partial charge on any atom is 0.244 e. The lowest BCUT2D eigenvalue weighted by Crippen LogP contribution is -2.37. The number of aromatic nitrogens is 2. The molecule has 0 saturated heterocycles. The summed E-state index contributed by atoms with van der Waals surface area (Å²) in [6.45, 7) is 7.99. The Morgan fingerprint density at radius 2 is 1.80 bits per heavy atom. The van der Waals surface area contributed by atoms with E-state index in [-0.39, 0.29) is 17.4 Å². The molecule has 0 aliphatic heterocycles. The Morgan fingerprint density at radius 3 is 2.25 bits per heavy atom. The van der Waals surface area contributed by atoms with E-state index in [1.54, 1.807) is 25.1 Å². The molecule has 0 aliphatic rings. The number of hydrogen-bond acceptors (Lipinski definition) is 5. The third-order valence-corrected chi connectivity index (χ3v) is 2.83. The summed E-state index contributed by atoms with van der Waals surface area (Å²) in [4.78, 5) is 22.4. The van der Waals surface area contributed by atoms with Gasteiger partial charge >= 0.3 is 0 Å². The molecule has 1 heterocycles. The number of likely N-dealkylation sites (N-methyl/N-ethyl adjacent to an activating group) is 1.